The fraction of sp³-hybridized carbons (Fsp3) is 0.439. The number of anilines is 3. The molecule has 1 amide bonds. The lowest BCUT2D eigenvalue weighted by Gasteiger charge is -2.11. The summed E-state index contributed by atoms with van der Waals surface area (Å²) in [5.41, 5.74) is 1.05. The molecular weight excluding hydrogens is 745 g/mol. The highest BCUT2D eigenvalue weighted by Gasteiger charge is 2.21. The van der Waals surface area contributed by atoms with Crippen LogP contribution in [0.25, 0.3) is 5.69 Å². The first kappa shape index (κ1) is 42.4. The molecule has 288 valence electrons. The number of H-pyrrole nitrogens is 1. The monoisotopic (exact) mass is 793 g/mol. The third kappa shape index (κ3) is 13.2. The zero-order valence-electron chi connectivity index (χ0n) is 31.2. The SMILES string of the molecule is CCCCCCCCCCCCCCCCCC(=O)Nc1ccc(Cl)c(Nc2[nH]n(-c3c(Cl)cc(C#N)cc3Cl)c(=O)c2N=Nc2ccc(OC)cc2)c1. The number of ether oxygens (including phenoxy) is 1. The topological polar surface area (TPSA) is 137 Å². The average Bonchev–Trinajstić information content (AvgIpc) is 3.46. The van der Waals surface area contributed by atoms with Crippen LogP contribution in [0.4, 0.5) is 28.6 Å². The molecule has 3 N–H and O–H groups in total. The largest absolute Gasteiger partial charge is 0.497 e. The maximum Gasteiger partial charge on any atom is 0.301 e. The number of methoxy groups -OCH3 is 1. The van der Waals surface area contributed by atoms with E-state index in [-0.39, 0.29) is 38.7 Å². The zero-order valence-corrected chi connectivity index (χ0v) is 33.4. The molecule has 54 heavy (non-hydrogen) atoms. The van der Waals surface area contributed by atoms with Crippen molar-refractivity contribution >= 4 is 69.3 Å². The Morgan fingerprint density at radius 1 is 0.796 bits per heavy atom. The molecule has 1 aromatic heterocycles. The standard InChI is InChI=1S/C41H50Cl3N7O3/c1-3-4-5-6-7-8-9-10-11-12-13-14-15-16-17-18-37(52)46-31-21-24-33(42)36(27-31)47-40-38(49-48-30-19-22-32(54-2)23-20-30)41(53)51(50-40)39-34(43)25-29(28-45)26-35(39)44/h19-27,47,50H,3-18H2,1-2H3,(H,46,52). The molecule has 0 spiro atoms. The molecule has 0 aliphatic heterocycles. The summed E-state index contributed by atoms with van der Waals surface area (Å²) in [4.78, 5) is 26.6. The van der Waals surface area contributed by atoms with E-state index in [9.17, 15) is 14.9 Å². The number of aromatic amines is 1. The van der Waals surface area contributed by atoms with Gasteiger partial charge in [0.1, 0.15) is 11.4 Å². The molecule has 0 radical (unpaired) electrons. The number of nitrogens with zero attached hydrogens (tertiary/aromatic N) is 4. The molecule has 13 heteroatoms. The minimum Gasteiger partial charge on any atom is -0.497 e. The van der Waals surface area contributed by atoms with Crippen molar-refractivity contribution in [1.82, 2.24) is 9.78 Å². The molecule has 0 saturated heterocycles. The lowest BCUT2D eigenvalue weighted by atomic mass is 10.0. The fourth-order valence-electron chi connectivity index (χ4n) is 6.08. The van der Waals surface area contributed by atoms with Crippen molar-refractivity contribution in [2.45, 2.75) is 110 Å². The summed E-state index contributed by atoms with van der Waals surface area (Å²) in [5, 5.41) is 27.4. The Morgan fingerprint density at radius 2 is 1.37 bits per heavy atom. The third-order valence-corrected chi connectivity index (χ3v) is 10.00. The fourth-order valence-corrected chi connectivity index (χ4v) is 6.90. The van der Waals surface area contributed by atoms with Crippen LogP contribution in [0, 0.1) is 11.3 Å². The highest BCUT2D eigenvalue weighted by Crippen LogP contribution is 2.35. The Kier molecular flexibility index (Phi) is 17.9. The van der Waals surface area contributed by atoms with Crippen LogP contribution in [0.15, 0.2) is 69.6 Å². The van der Waals surface area contributed by atoms with Crippen LogP contribution in [0.2, 0.25) is 15.1 Å². The van der Waals surface area contributed by atoms with Crippen molar-refractivity contribution in [2.24, 2.45) is 10.2 Å². The summed E-state index contributed by atoms with van der Waals surface area (Å²) in [6.45, 7) is 2.26. The second-order valence-electron chi connectivity index (χ2n) is 13.3. The van der Waals surface area contributed by atoms with Crippen LogP contribution in [0.3, 0.4) is 0 Å². The number of nitriles is 1. The van der Waals surface area contributed by atoms with Gasteiger partial charge in [-0.2, -0.15) is 10.4 Å². The minimum absolute atomic E-state index is 0.0735. The van der Waals surface area contributed by atoms with E-state index in [1.807, 2.05) is 6.07 Å². The number of unbranched alkanes of at least 4 members (excludes halogenated alkanes) is 14. The summed E-state index contributed by atoms with van der Waals surface area (Å²) in [7, 11) is 1.56. The second kappa shape index (κ2) is 22.8. The van der Waals surface area contributed by atoms with Gasteiger partial charge in [0.25, 0.3) is 0 Å². The lowest BCUT2D eigenvalue weighted by molar-refractivity contribution is -0.116. The van der Waals surface area contributed by atoms with Gasteiger partial charge in [-0.3, -0.25) is 14.7 Å². The molecule has 0 saturated carbocycles. The number of halogens is 3. The van der Waals surface area contributed by atoms with Gasteiger partial charge in [0.2, 0.25) is 5.91 Å². The zero-order chi connectivity index (χ0) is 38.7. The quantitative estimate of drug-likeness (QED) is 0.0507. The molecule has 0 unspecified atom stereocenters. The maximum atomic E-state index is 13.8. The van der Waals surface area contributed by atoms with Gasteiger partial charge < -0.3 is 15.4 Å². The predicted octanol–water partition coefficient (Wildman–Crippen LogP) is 13.4. The van der Waals surface area contributed by atoms with Gasteiger partial charge in [0.05, 0.1) is 45.2 Å². The van der Waals surface area contributed by atoms with Crippen molar-refractivity contribution in [1.29, 1.82) is 5.26 Å². The Labute approximate surface area is 333 Å². The molecule has 0 aliphatic rings. The molecule has 0 bridgehead atoms. The number of carbonyl (C=O) groups excluding carboxylic acids is 1. The Balaban J connectivity index is 1.35. The molecule has 4 aromatic rings. The van der Waals surface area contributed by atoms with E-state index in [1.165, 1.54) is 89.2 Å². The molecule has 3 aromatic carbocycles. The first-order valence-electron chi connectivity index (χ1n) is 18.9. The molecule has 0 fully saturated rings. The smallest absolute Gasteiger partial charge is 0.301 e. The number of benzene rings is 3. The first-order valence-corrected chi connectivity index (χ1v) is 20.0. The van der Waals surface area contributed by atoms with Crippen LogP contribution < -0.4 is 20.9 Å². The third-order valence-electron chi connectivity index (χ3n) is 9.09. The van der Waals surface area contributed by atoms with Gasteiger partial charge in [-0.15, -0.1) is 5.11 Å². The van der Waals surface area contributed by atoms with Gasteiger partial charge >= 0.3 is 5.56 Å². The molecular formula is C41H50Cl3N7O3. The number of rotatable bonds is 23. The summed E-state index contributed by atoms with van der Waals surface area (Å²) in [6.07, 6.45) is 19.4. The average molecular weight is 795 g/mol. The second-order valence-corrected chi connectivity index (χ2v) is 14.6. The van der Waals surface area contributed by atoms with E-state index >= 15 is 0 Å². The van der Waals surface area contributed by atoms with Gasteiger partial charge in [-0.25, -0.2) is 4.68 Å². The number of amides is 1. The number of carbonyl (C=O) groups is 1. The Bertz CT molecular complexity index is 1910. The summed E-state index contributed by atoms with van der Waals surface area (Å²) in [5.74, 6) is 0.690. The summed E-state index contributed by atoms with van der Waals surface area (Å²) >= 11 is 19.5. The highest BCUT2D eigenvalue weighted by atomic mass is 35.5. The van der Waals surface area contributed by atoms with Gasteiger partial charge in [-0.05, 0) is 61.0 Å². The van der Waals surface area contributed by atoms with Crippen LogP contribution in [0.1, 0.15) is 115 Å². The van der Waals surface area contributed by atoms with E-state index in [4.69, 9.17) is 39.5 Å². The van der Waals surface area contributed by atoms with Crippen molar-refractivity contribution in [3.63, 3.8) is 0 Å². The molecule has 0 aliphatic carbocycles. The highest BCUT2D eigenvalue weighted by molar-refractivity contribution is 6.38. The Hall–Kier alpha value is -4.30. The van der Waals surface area contributed by atoms with Gasteiger partial charge in [-0.1, -0.05) is 132 Å². The van der Waals surface area contributed by atoms with Gasteiger partial charge in [0, 0.05) is 12.1 Å². The summed E-state index contributed by atoms with van der Waals surface area (Å²) < 4.78 is 6.33. The first-order chi connectivity index (χ1) is 26.2. The normalized spacial score (nSPS) is 11.2. The summed E-state index contributed by atoms with van der Waals surface area (Å²) in [6, 6.07) is 16.7. The van der Waals surface area contributed by atoms with E-state index in [1.54, 1.807) is 49.6 Å². The molecule has 0 atom stereocenters. The molecule has 1 heterocycles. The van der Waals surface area contributed by atoms with E-state index in [0.29, 0.717) is 34.3 Å². The van der Waals surface area contributed by atoms with Crippen molar-refractivity contribution < 1.29 is 9.53 Å². The van der Waals surface area contributed by atoms with Crippen LogP contribution in [-0.2, 0) is 4.79 Å². The van der Waals surface area contributed by atoms with E-state index in [2.05, 4.69) is 32.9 Å². The lowest BCUT2D eigenvalue weighted by Crippen LogP contribution is -2.15. The van der Waals surface area contributed by atoms with Crippen LogP contribution >= 0.6 is 34.8 Å². The van der Waals surface area contributed by atoms with Crippen LogP contribution in [-0.4, -0.2) is 22.8 Å². The van der Waals surface area contributed by atoms with Gasteiger partial charge in [0.15, 0.2) is 11.5 Å². The Morgan fingerprint density at radius 3 is 1.93 bits per heavy atom. The minimum atomic E-state index is -0.618. The number of hydrogen-bond acceptors (Lipinski definition) is 7. The maximum absolute atomic E-state index is 13.8. The van der Waals surface area contributed by atoms with Crippen molar-refractivity contribution in [3.05, 3.63) is 85.6 Å². The van der Waals surface area contributed by atoms with E-state index in [0.717, 1.165) is 23.9 Å². The van der Waals surface area contributed by atoms with Crippen LogP contribution in [0.5, 0.6) is 5.75 Å². The predicted molar refractivity (Wildman–Crippen MR) is 221 cm³/mol. The van der Waals surface area contributed by atoms with E-state index < -0.39 is 5.56 Å². The number of azo groups is 1. The van der Waals surface area contributed by atoms with Crippen molar-refractivity contribution in [3.8, 4) is 17.5 Å². The number of hydrogen-bond donors (Lipinski definition) is 3. The molecule has 10 nitrogen and oxygen atoms in total. The number of aromatic nitrogens is 2. The van der Waals surface area contributed by atoms with Crippen molar-refractivity contribution in [2.75, 3.05) is 17.7 Å². The molecule has 4 rings (SSSR count). The number of nitrogens with one attached hydrogen (secondary N) is 3.